The molecule has 0 saturated carbocycles. The lowest BCUT2D eigenvalue weighted by Gasteiger charge is -2.08. The number of nitrogens with zero attached hydrogens (tertiary/aromatic N) is 2. The number of hydrogen-bond donors (Lipinski definition) is 1. The van der Waals surface area contributed by atoms with Crippen LogP contribution in [0.2, 0.25) is 0 Å². The molecule has 0 amide bonds. The zero-order valence-corrected chi connectivity index (χ0v) is 11.7. The number of sulfone groups is 1. The summed E-state index contributed by atoms with van der Waals surface area (Å²) in [6, 6.07) is 0. The van der Waals surface area contributed by atoms with Gasteiger partial charge in [-0.2, -0.15) is 0 Å². The zero-order valence-electron chi connectivity index (χ0n) is 10.9. The highest BCUT2D eigenvalue weighted by molar-refractivity contribution is 7.90. The summed E-state index contributed by atoms with van der Waals surface area (Å²) >= 11 is 0. The lowest BCUT2D eigenvalue weighted by atomic mass is 10.1. The Bertz CT molecular complexity index is 584. The van der Waals surface area contributed by atoms with Crippen molar-refractivity contribution in [2.45, 2.75) is 26.0 Å². The fourth-order valence-corrected chi connectivity index (χ4v) is 3.23. The maximum atomic E-state index is 11.8. The van der Waals surface area contributed by atoms with E-state index in [-0.39, 0.29) is 22.9 Å². The highest BCUT2D eigenvalue weighted by atomic mass is 32.2. The van der Waals surface area contributed by atoms with E-state index in [2.05, 4.69) is 4.98 Å². The van der Waals surface area contributed by atoms with Gasteiger partial charge in [-0.25, -0.2) is 8.42 Å². The molecule has 0 saturated heterocycles. The summed E-state index contributed by atoms with van der Waals surface area (Å²) in [5, 5.41) is 10.9. The first-order chi connectivity index (χ1) is 8.78. The molecule has 0 aliphatic carbocycles. The first-order valence-electron chi connectivity index (χ1n) is 5.78. The van der Waals surface area contributed by atoms with Crippen LogP contribution in [0.15, 0.2) is 6.20 Å². The van der Waals surface area contributed by atoms with Crippen LogP contribution in [0.25, 0.3) is 0 Å². The summed E-state index contributed by atoms with van der Waals surface area (Å²) in [7, 11) is -3.34. The Hall–Kier alpha value is -1.54. The molecule has 106 valence electrons. The maximum Gasteiger partial charge on any atom is 0.278 e. The fourth-order valence-electron chi connectivity index (χ4n) is 1.78. The predicted molar refractivity (Wildman–Crippen MR) is 71.5 cm³/mol. The van der Waals surface area contributed by atoms with Crippen molar-refractivity contribution < 1.29 is 13.3 Å². The average molecular weight is 287 g/mol. The summed E-state index contributed by atoms with van der Waals surface area (Å²) in [5.41, 5.74) is 6.16. The van der Waals surface area contributed by atoms with Gasteiger partial charge in [-0.3, -0.25) is 15.1 Å². The number of nitro groups is 1. The van der Waals surface area contributed by atoms with E-state index in [1.54, 1.807) is 6.92 Å². The number of rotatable bonds is 6. The monoisotopic (exact) mass is 287 g/mol. The molecule has 1 aromatic heterocycles. The van der Waals surface area contributed by atoms with Gasteiger partial charge in [-0.15, -0.1) is 0 Å². The first kappa shape index (κ1) is 15.5. The predicted octanol–water partition coefficient (Wildman–Crippen LogP) is 0.870. The Morgan fingerprint density at radius 1 is 1.42 bits per heavy atom. The van der Waals surface area contributed by atoms with Crippen molar-refractivity contribution in [3.8, 4) is 0 Å². The second-order valence-corrected chi connectivity index (χ2v) is 6.54. The third kappa shape index (κ3) is 3.97. The van der Waals surface area contributed by atoms with E-state index in [1.165, 1.54) is 13.1 Å². The smallest absolute Gasteiger partial charge is 0.278 e. The Morgan fingerprint density at radius 3 is 2.58 bits per heavy atom. The van der Waals surface area contributed by atoms with Gasteiger partial charge < -0.3 is 5.73 Å². The van der Waals surface area contributed by atoms with Gasteiger partial charge in [0.25, 0.3) is 5.69 Å². The molecule has 8 heteroatoms. The molecule has 0 radical (unpaired) electrons. The molecule has 0 bridgehead atoms. The third-order valence-electron chi connectivity index (χ3n) is 2.77. The molecule has 19 heavy (non-hydrogen) atoms. The minimum absolute atomic E-state index is 0.0354. The lowest BCUT2D eigenvalue weighted by Crippen LogP contribution is -2.15. The molecule has 1 heterocycles. The van der Waals surface area contributed by atoms with Crippen LogP contribution >= 0.6 is 0 Å². The molecule has 0 spiro atoms. The number of pyridine rings is 1. The third-order valence-corrected chi connectivity index (χ3v) is 4.40. The van der Waals surface area contributed by atoms with Crippen LogP contribution in [0.3, 0.4) is 0 Å². The van der Waals surface area contributed by atoms with Crippen molar-refractivity contribution in [3.63, 3.8) is 0 Å². The van der Waals surface area contributed by atoms with Crippen LogP contribution in [0.4, 0.5) is 5.69 Å². The number of aromatic nitrogens is 1. The van der Waals surface area contributed by atoms with Gasteiger partial charge in [-0.1, -0.05) is 0 Å². The van der Waals surface area contributed by atoms with Crippen molar-refractivity contribution in [2.75, 3.05) is 12.3 Å². The highest BCUT2D eigenvalue weighted by Gasteiger charge is 2.22. The zero-order chi connectivity index (χ0) is 14.6. The van der Waals surface area contributed by atoms with E-state index < -0.39 is 14.8 Å². The van der Waals surface area contributed by atoms with Gasteiger partial charge in [0.15, 0.2) is 9.84 Å². The van der Waals surface area contributed by atoms with Crippen molar-refractivity contribution in [2.24, 2.45) is 5.73 Å². The van der Waals surface area contributed by atoms with Crippen LogP contribution in [-0.4, -0.2) is 30.6 Å². The van der Waals surface area contributed by atoms with E-state index in [4.69, 9.17) is 5.73 Å². The van der Waals surface area contributed by atoms with Gasteiger partial charge in [-0.05, 0) is 26.8 Å². The molecule has 0 atom stereocenters. The van der Waals surface area contributed by atoms with Crippen molar-refractivity contribution in [1.82, 2.24) is 4.98 Å². The molecule has 7 nitrogen and oxygen atoms in total. The van der Waals surface area contributed by atoms with Crippen LogP contribution in [0, 0.1) is 24.0 Å². The lowest BCUT2D eigenvalue weighted by molar-refractivity contribution is -0.386. The highest BCUT2D eigenvalue weighted by Crippen LogP contribution is 2.25. The standard InChI is InChI=1S/C11H17N3O4S/c1-8-6-13-10(9(2)11(8)14(15)16)7-19(17,18)5-3-4-12/h6H,3-5,7,12H2,1-2H3. The van der Waals surface area contributed by atoms with E-state index in [9.17, 15) is 18.5 Å². The molecule has 0 unspecified atom stereocenters. The first-order valence-corrected chi connectivity index (χ1v) is 7.60. The molecule has 0 fully saturated rings. The number of aryl methyl sites for hydroxylation is 1. The SMILES string of the molecule is Cc1cnc(CS(=O)(=O)CCCN)c(C)c1[N+](=O)[O-]. The Kier molecular flexibility index (Phi) is 4.96. The van der Waals surface area contributed by atoms with Gasteiger partial charge in [0.2, 0.25) is 0 Å². The van der Waals surface area contributed by atoms with Gasteiger partial charge >= 0.3 is 0 Å². The fraction of sp³-hybridized carbons (Fsp3) is 0.545. The summed E-state index contributed by atoms with van der Waals surface area (Å²) in [4.78, 5) is 14.4. The molecule has 1 aromatic rings. The van der Waals surface area contributed by atoms with Gasteiger partial charge in [0.1, 0.15) is 0 Å². The molecule has 0 aliphatic heterocycles. The van der Waals surface area contributed by atoms with Gasteiger partial charge in [0.05, 0.1) is 22.1 Å². The summed E-state index contributed by atoms with van der Waals surface area (Å²) in [6.07, 6.45) is 1.70. The maximum absolute atomic E-state index is 11.8. The Morgan fingerprint density at radius 2 is 2.05 bits per heavy atom. The van der Waals surface area contributed by atoms with Crippen molar-refractivity contribution in [3.05, 3.63) is 33.1 Å². The average Bonchev–Trinajstić information content (AvgIpc) is 2.30. The molecule has 2 N–H and O–H groups in total. The second kappa shape index (κ2) is 6.07. The van der Waals surface area contributed by atoms with Crippen LogP contribution in [0.1, 0.15) is 23.2 Å². The van der Waals surface area contributed by atoms with Gasteiger partial charge in [0, 0.05) is 17.3 Å². The summed E-state index contributed by atoms with van der Waals surface area (Å²) in [6.45, 7) is 3.39. The Labute approximate surface area is 111 Å². The van der Waals surface area contributed by atoms with Crippen LogP contribution in [0.5, 0.6) is 0 Å². The Balaban J connectivity index is 3.10. The molecular weight excluding hydrogens is 270 g/mol. The number of hydrogen-bond acceptors (Lipinski definition) is 6. The van der Waals surface area contributed by atoms with E-state index in [0.717, 1.165) is 0 Å². The largest absolute Gasteiger partial charge is 0.330 e. The van der Waals surface area contributed by atoms with Crippen LogP contribution in [-0.2, 0) is 15.6 Å². The molecule has 1 rings (SSSR count). The minimum Gasteiger partial charge on any atom is -0.330 e. The normalized spacial score (nSPS) is 11.5. The van der Waals surface area contributed by atoms with Crippen molar-refractivity contribution >= 4 is 15.5 Å². The summed E-state index contributed by atoms with van der Waals surface area (Å²) in [5.74, 6) is -0.327. The van der Waals surface area contributed by atoms with E-state index in [1.807, 2.05) is 0 Å². The molecular formula is C11H17N3O4S. The van der Waals surface area contributed by atoms with E-state index in [0.29, 0.717) is 24.1 Å². The quantitative estimate of drug-likeness (QED) is 0.613. The molecule has 0 aromatic carbocycles. The van der Waals surface area contributed by atoms with Crippen LogP contribution < -0.4 is 5.73 Å². The van der Waals surface area contributed by atoms with Crippen molar-refractivity contribution in [1.29, 1.82) is 0 Å². The van der Waals surface area contributed by atoms with E-state index >= 15 is 0 Å². The second-order valence-electron chi connectivity index (χ2n) is 4.35. The topological polar surface area (TPSA) is 116 Å². The summed E-state index contributed by atoms with van der Waals surface area (Å²) < 4.78 is 23.6. The minimum atomic E-state index is -3.34. The number of nitrogens with two attached hydrogens (primary N) is 1. The molecule has 0 aliphatic rings.